The van der Waals surface area contributed by atoms with Crippen LogP contribution in [-0.4, -0.2) is 26.2 Å². The quantitative estimate of drug-likeness (QED) is 0.759. The Kier molecular flexibility index (Phi) is 3.64. The Morgan fingerprint density at radius 1 is 1.44 bits per heavy atom. The molecule has 0 fully saturated rings. The van der Waals surface area contributed by atoms with Crippen molar-refractivity contribution in [1.29, 1.82) is 0 Å². The molecule has 25 heavy (non-hydrogen) atoms. The van der Waals surface area contributed by atoms with Crippen LogP contribution >= 0.6 is 0 Å². The van der Waals surface area contributed by atoms with Crippen LogP contribution in [-0.2, 0) is 16.1 Å². The van der Waals surface area contributed by atoms with Crippen LogP contribution in [0.1, 0.15) is 23.6 Å². The molecule has 4 rings (SSSR count). The number of rotatable bonds is 3. The van der Waals surface area contributed by atoms with Gasteiger partial charge in [-0.05, 0) is 29.8 Å². The summed E-state index contributed by atoms with van der Waals surface area (Å²) in [5.74, 6) is -1.24. The second-order valence-corrected chi connectivity index (χ2v) is 5.81. The molecule has 126 valence electrons. The average molecular weight is 339 g/mol. The van der Waals surface area contributed by atoms with Crippen molar-refractivity contribution in [3.05, 3.63) is 59.9 Å². The van der Waals surface area contributed by atoms with Crippen molar-refractivity contribution >= 4 is 23.3 Å². The molecule has 1 aliphatic heterocycles. The molecule has 1 atom stereocenters. The van der Waals surface area contributed by atoms with Gasteiger partial charge in [-0.15, -0.1) is 0 Å². The third-order valence-corrected chi connectivity index (χ3v) is 4.10. The number of amides is 2. The molecule has 1 aromatic carbocycles. The molecular formula is C17H14FN5O2. The van der Waals surface area contributed by atoms with Crippen LogP contribution in [0.5, 0.6) is 0 Å². The number of benzene rings is 1. The highest BCUT2D eigenvalue weighted by Crippen LogP contribution is 2.32. The number of nitrogens with one attached hydrogen (secondary N) is 2. The summed E-state index contributed by atoms with van der Waals surface area (Å²) < 4.78 is 15.3. The van der Waals surface area contributed by atoms with E-state index in [1.807, 2.05) is 6.20 Å². The predicted molar refractivity (Wildman–Crippen MR) is 87.2 cm³/mol. The zero-order valence-corrected chi connectivity index (χ0v) is 13.1. The Labute approximate surface area is 141 Å². The molecule has 2 aromatic heterocycles. The number of hydrogen-bond acceptors (Lipinski definition) is 4. The molecule has 3 heterocycles. The van der Waals surface area contributed by atoms with Crippen molar-refractivity contribution in [3.8, 4) is 0 Å². The summed E-state index contributed by atoms with van der Waals surface area (Å²) >= 11 is 0. The fourth-order valence-electron chi connectivity index (χ4n) is 2.93. The van der Waals surface area contributed by atoms with Gasteiger partial charge in [-0.1, -0.05) is 0 Å². The van der Waals surface area contributed by atoms with Crippen LogP contribution in [0, 0.1) is 5.82 Å². The Morgan fingerprint density at radius 2 is 2.32 bits per heavy atom. The van der Waals surface area contributed by atoms with Gasteiger partial charge in [0.25, 0.3) is 0 Å². The lowest BCUT2D eigenvalue weighted by Gasteiger charge is -2.24. The molecule has 0 aliphatic carbocycles. The zero-order valence-electron chi connectivity index (χ0n) is 13.1. The van der Waals surface area contributed by atoms with E-state index in [-0.39, 0.29) is 24.8 Å². The first-order valence-corrected chi connectivity index (χ1v) is 7.76. The summed E-state index contributed by atoms with van der Waals surface area (Å²) in [6.45, 7) is 0.199. The fraction of sp³-hybridized carbons (Fsp3) is 0.176. The first-order valence-electron chi connectivity index (χ1n) is 7.76. The van der Waals surface area contributed by atoms with Crippen molar-refractivity contribution < 1.29 is 14.0 Å². The molecule has 8 heteroatoms. The number of hydrogen-bond donors (Lipinski definition) is 2. The summed E-state index contributed by atoms with van der Waals surface area (Å²) in [7, 11) is 0. The average Bonchev–Trinajstić information content (AvgIpc) is 3.02. The van der Waals surface area contributed by atoms with E-state index in [2.05, 4.69) is 20.6 Å². The van der Waals surface area contributed by atoms with E-state index < -0.39 is 11.7 Å². The Morgan fingerprint density at radius 3 is 3.16 bits per heavy atom. The molecule has 7 nitrogen and oxygen atoms in total. The number of imidazole rings is 1. The third-order valence-electron chi connectivity index (χ3n) is 4.10. The normalized spacial score (nSPS) is 16.4. The standard InChI is InChI=1S/C17H14FN5O2/c18-10-2-3-14-12(6-10)13(7-15(24)22-14)16(25)20-8-11-9-23-5-1-4-19-17(23)21-11/h1-6,9,13H,7-8H2,(H,20,25)(H,22,24)/t13-/m1/s1. The van der Waals surface area contributed by atoms with Crippen molar-refractivity contribution in [2.45, 2.75) is 18.9 Å². The Hall–Kier alpha value is -3.29. The van der Waals surface area contributed by atoms with E-state index in [1.165, 1.54) is 18.2 Å². The van der Waals surface area contributed by atoms with E-state index in [9.17, 15) is 14.0 Å². The van der Waals surface area contributed by atoms with Gasteiger partial charge in [-0.3, -0.25) is 14.0 Å². The molecule has 1 aliphatic rings. The lowest BCUT2D eigenvalue weighted by atomic mass is 9.89. The minimum absolute atomic E-state index is 0.0188. The van der Waals surface area contributed by atoms with Gasteiger partial charge in [0.15, 0.2) is 0 Å². The van der Waals surface area contributed by atoms with Gasteiger partial charge < -0.3 is 10.6 Å². The lowest BCUT2D eigenvalue weighted by Crippen LogP contribution is -2.34. The highest BCUT2D eigenvalue weighted by molar-refractivity contribution is 6.01. The minimum atomic E-state index is -0.727. The predicted octanol–water partition coefficient (Wildman–Crippen LogP) is 1.61. The van der Waals surface area contributed by atoms with Crippen LogP contribution < -0.4 is 10.6 Å². The molecule has 0 unspecified atom stereocenters. The molecule has 2 amide bonds. The van der Waals surface area contributed by atoms with Crippen LogP contribution in [0.4, 0.5) is 10.1 Å². The monoisotopic (exact) mass is 339 g/mol. The summed E-state index contributed by atoms with van der Waals surface area (Å²) in [6.07, 6.45) is 5.20. The number of carbonyl (C=O) groups is 2. The number of nitrogens with zero attached hydrogens (tertiary/aromatic N) is 3. The van der Waals surface area contributed by atoms with Gasteiger partial charge in [-0.25, -0.2) is 14.4 Å². The minimum Gasteiger partial charge on any atom is -0.350 e. The maximum absolute atomic E-state index is 13.5. The van der Waals surface area contributed by atoms with Gasteiger partial charge in [0.05, 0.1) is 18.2 Å². The molecular weight excluding hydrogens is 325 g/mol. The number of aromatic nitrogens is 3. The van der Waals surface area contributed by atoms with Crippen molar-refractivity contribution in [3.63, 3.8) is 0 Å². The number of anilines is 1. The summed E-state index contributed by atoms with van der Waals surface area (Å²) in [5, 5.41) is 5.42. The van der Waals surface area contributed by atoms with E-state index >= 15 is 0 Å². The van der Waals surface area contributed by atoms with Gasteiger partial charge in [0.1, 0.15) is 5.82 Å². The number of halogens is 1. The van der Waals surface area contributed by atoms with Crippen molar-refractivity contribution in [2.75, 3.05) is 5.32 Å². The largest absolute Gasteiger partial charge is 0.350 e. The Bertz CT molecular complexity index is 951. The van der Waals surface area contributed by atoms with Crippen molar-refractivity contribution in [1.82, 2.24) is 19.7 Å². The maximum atomic E-state index is 13.5. The van der Waals surface area contributed by atoms with E-state index in [0.717, 1.165) is 0 Å². The van der Waals surface area contributed by atoms with E-state index in [1.54, 1.807) is 22.9 Å². The SMILES string of the molecule is O=C1C[C@@H](C(=O)NCc2cn3cccnc3n2)c2cc(F)ccc2N1. The molecule has 2 N–H and O–H groups in total. The summed E-state index contributed by atoms with van der Waals surface area (Å²) in [6, 6.07) is 5.79. The number of carbonyl (C=O) groups excluding carboxylic acids is 2. The van der Waals surface area contributed by atoms with Gasteiger partial charge in [0.2, 0.25) is 17.6 Å². The van der Waals surface area contributed by atoms with E-state index in [0.29, 0.717) is 22.7 Å². The highest BCUT2D eigenvalue weighted by atomic mass is 19.1. The van der Waals surface area contributed by atoms with Gasteiger partial charge in [-0.2, -0.15) is 0 Å². The molecule has 0 radical (unpaired) electrons. The lowest BCUT2D eigenvalue weighted by molar-refractivity contribution is -0.126. The van der Waals surface area contributed by atoms with Crippen LogP contribution in [0.25, 0.3) is 5.78 Å². The van der Waals surface area contributed by atoms with E-state index in [4.69, 9.17) is 0 Å². The number of fused-ring (bicyclic) bond motifs is 2. The van der Waals surface area contributed by atoms with Crippen molar-refractivity contribution in [2.24, 2.45) is 0 Å². The van der Waals surface area contributed by atoms with Gasteiger partial charge >= 0.3 is 0 Å². The van der Waals surface area contributed by atoms with Gasteiger partial charge in [0, 0.05) is 30.7 Å². The molecule has 3 aromatic rings. The first kappa shape index (κ1) is 15.3. The topological polar surface area (TPSA) is 88.4 Å². The molecule has 0 saturated carbocycles. The second-order valence-electron chi connectivity index (χ2n) is 5.81. The second kappa shape index (κ2) is 5.97. The summed E-state index contributed by atoms with van der Waals surface area (Å²) in [5.41, 5.74) is 1.59. The Balaban J connectivity index is 1.53. The molecule has 0 saturated heterocycles. The van der Waals surface area contributed by atoms with Crippen LogP contribution in [0.3, 0.4) is 0 Å². The molecule has 0 bridgehead atoms. The smallest absolute Gasteiger partial charge is 0.233 e. The third kappa shape index (κ3) is 2.93. The van der Waals surface area contributed by atoms with Crippen LogP contribution in [0.2, 0.25) is 0 Å². The first-order chi connectivity index (χ1) is 12.1. The fourth-order valence-corrected chi connectivity index (χ4v) is 2.93. The summed E-state index contributed by atoms with van der Waals surface area (Å²) in [4.78, 5) is 32.8. The highest BCUT2D eigenvalue weighted by Gasteiger charge is 2.31. The maximum Gasteiger partial charge on any atom is 0.233 e. The zero-order chi connectivity index (χ0) is 17.4. The molecule has 0 spiro atoms. The van der Waals surface area contributed by atoms with Crippen LogP contribution in [0.15, 0.2) is 42.9 Å².